The first-order valence-corrected chi connectivity index (χ1v) is 5.87. The molecule has 1 atom stereocenters. The number of nitrogens with one attached hydrogen (secondary N) is 1. The lowest BCUT2D eigenvalue weighted by Crippen LogP contribution is -2.29. The Kier molecular flexibility index (Phi) is 7.39. The van der Waals surface area contributed by atoms with Crippen LogP contribution in [0.1, 0.15) is 40.0 Å². The fraction of sp³-hybridized carbons (Fsp3) is 0.917. The summed E-state index contributed by atoms with van der Waals surface area (Å²) < 4.78 is 0. The zero-order valence-corrected chi connectivity index (χ0v) is 10.8. The van der Waals surface area contributed by atoms with E-state index in [1.165, 1.54) is 6.42 Å². The van der Waals surface area contributed by atoms with Crippen molar-refractivity contribution in [2.24, 2.45) is 5.92 Å². The zero-order valence-electron chi connectivity index (χ0n) is 10.8. The first-order chi connectivity index (χ1) is 6.93. The van der Waals surface area contributed by atoms with Crippen LogP contribution >= 0.6 is 0 Å². The largest absolute Gasteiger partial charge is 0.349 e. The molecule has 0 spiro atoms. The molecule has 0 aromatic carbocycles. The van der Waals surface area contributed by atoms with Crippen LogP contribution in [0.4, 0.5) is 0 Å². The van der Waals surface area contributed by atoms with E-state index in [1.807, 2.05) is 0 Å². The smallest absolute Gasteiger partial charge is 0.222 e. The normalized spacial score (nSPS) is 12.9. The quantitative estimate of drug-likeness (QED) is 0.656. The highest BCUT2D eigenvalue weighted by Gasteiger charge is 2.05. The van der Waals surface area contributed by atoms with Gasteiger partial charge in [0.15, 0.2) is 0 Å². The first kappa shape index (κ1) is 14.4. The number of carbonyl (C=O) groups excluding carboxylic acids is 1. The van der Waals surface area contributed by atoms with Gasteiger partial charge in [-0.1, -0.05) is 13.8 Å². The second-order valence-corrected chi connectivity index (χ2v) is 4.88. The predicted octanol–water partition coefficient (Wildman–Crippen LogP) is 1.88. The maximum Gasteiger partial charge on any atom is 0.222 e. The molecule has 90 valence electrons. The van der Waals surface area contributed by atoms with Gasteiger partial charge in [0.25, 0.3) is 0 Å². The monoisotopic (exact) mass is 214 g/mol. The lowest BCUT2D eigenvalue weighted by molar-refractivity contribution is -0.128. The molecule has 1 amide bonds. The molecule has 15 heavy (non-hydrogen) atoms. The highest BCUT2D eigenvalue weighted by molar-refractivity contribution is 5.75. The number of hydrogen-bond donors (Lipinski definition) is 1. The van der Waals surface area contributed by atoms with E-state index in [1.54, 1.807) is 19.0 Å². The van der Waals surface area contributed by atoms with Crippen LogP contribution in [0, 0.1) is 5.92 Å². The molecule has 0 aromatic rings. The lowest BCUT2D eigenvalue weighted by atomic mass is 10.1. The second kappa shape index (κ2) is 7.69. The number of rotatable bonds is 7. The number of carbonyl (C=O) groups is 1. The van der Waals surface area contributed by atoms with E-state index in [-0.39, 0.29) is 5.91 Å². The van der Waals surface area contributed by atoms with Crippen molar-refractivity contribution < 1.29 is 4.79 Å². The Hall–Kier alpha value is -0.570. The predicted molar refractivity (Wildman–Crippen MR) is 64.8 cm³/mol. The molecule has 0 aromatic heterocycles. The van der Waals surface area contributed by atoms with E-state index in [0.29, 0.717) is 12.5 Å². The Balaban J connectivity index is 3.42. The molecular formula is C12H26N2O. The summed E-state index contributed by atoms with van der Waals surface area (Å²) >= 11 is 0. The molecule has 0 aliphatic rings. The van der Waals surface area contributed by atoms with E-state index < -0.39 is 0 Å². The summed E-state index contributed by atoms with van der Waals surface area (Å²) in [5.74, 6) is 0.948. The maximum atomic E-state index is 11.3. The van der Waals surface area contributed by atoms with Gasteiger partial charge in [-0.3, -0.25) is 4.79 Å². The highest BCUT2D eigenvalue weighted by atomic mass is 16.2. The molecule has 0 bridgehead atoms. The molecule has 1 unspecified atom stereocenters. The van der Waals surface area contributed by atoms with Crippen molar-refractivity contribution in [2.45, 2.75) is 46.1 Å². The Bertz CT molecular complexity index is 178. The molecule has 0 aliphatic heterocycles. The molecule has 0 heterocycles. The van der Waals surface area contributed by atoms with Crippen LogP contribution in [0.25, 0.3) is 0 Å². The summed E-state index contributed by atoms with van der Waals surface area (Å²) in [5.41, 5.74) is 0. The number of amides is 1. The summed E-state index contributed by atoms with van der Waals surface area (Å²) in [6, 6.07) is 0.555. The summed E-state index contributed by atoms with van der Waals surface area (Å²) in [4.78, 5) is 12.9. The molecule has 0 radical (unpaired) electrons. The standard InChI is InChI=1S/C12H26N2O/c1-10(2)9-11(3)13-8-6-7-12(15)14(4)5/h10-11,13H,6-9H2,1-5H3. The third-order valence-corrected chi connectivity index (χ3v) is 2.38. The minimum Gasteiger partial charge on any atom is -0.349 e. The molecule has 0 saturated carbocycles. The van der Waals surface area contributed by atoms with E-state index in [9.17, 15) is 4.79 Å². The van der Waals surface area contributed by atoms with Gasteiger partial charge in [-0.25, -0.2) is 0 Å². The SMILES string of the molecule is CC(C)CC(C)NCCCC(=O)N(C)C. The summed E-state index contributed by atoms with van der Waals surface area (Å²) in [6.45, 7) is 7.60. The van der Waals surface area contributed by atoms with E-state index in [2.05, 4.69) is 26.1 Å². The average molecular weight is 214 g/mol. The van der Waals surface area contributed by atoms with Crippen LogP contribution in [0.15, 0.2) is 0 Å². The summed E-state index contributed by atoms with van der Waals surface area (Å²) in [6.07, 6.45) is 2.77. The van der Waals surface area contributed by atoms with Crippen LogP contribution < -0.4 is 5.32 Å². The van der Waals surface area contributed by atoms with Gasteiger partial charge in [-0.2, -0.15) is 0 Å². The molecule has 0 aliphatic carbocycles. The van der Waals surface area contributed by atoms with Crippen LogP contribution in [0.5, 0.6) is 0 Å². The van der Waals surface area contributed by atoms with Gasteiger partial charge in [0, 0.05) is 26.6 Å². The minimum atomic E-state index is 0.216. The fourth-order valence-electron chi connectivity index (χ4n) is 1.60. The van der Waals surface area contributed by atoms with Gasteiger partial charge in [-0.05, 0) is 32.2 Å². The third-order valence-electron chi connectivity index (χ3n) is 2.38. The van der Waals surface area contributed by atoms with Crippen molar-refractivity contribution in [3.05, 3.63) is 0 Å². The summed E-state index contributed by atoms with van der Waals surface area (Å²) in [5, 5.41) is 3.44. The average Bonchev–Trinajstić information content (AvgIpc) is 2.10. The van der Waals surface area contributed by atoms with Gasteiger partial charge < -0.3 is 10.2 Å². The lowest BCUT2D eigenvalue weighted by Gasteiger charge is -2.16. The molecule has 0 fully saturated rings. The van der Waals surface area contributed by atoms with Crippen molar-refractivity contribution in [3.8, 4) is 0 Å². The van der Waals surface area contributed by atoms with Gasteiger partial charge in [0.05, 0.1) is 0 Å². The Morgan fingerprint density at radius 3 is 2.33 bits per heavy atom. The maximum absolute atomic E-state index is 11.3. The Morgan fingerprint density at radius 1 is 1.27 bits per heavy atom. The van der Waals surface area contributed by atoms with Crippen molar-refractivity contribution in [1.82, 2.24) is 10.2 Å². The number of nitrogens with zero attached hydrogens (tertiary/aromatic N) is 1. The zero-order chi connectivity index (χ0) is 11.8. The Morgan fingerprint density at radius 2 is 1.87 bits per heavy atom. The van der Waals surface area contributed by atoms with Gasteiger partial charge in [0.2, 0.25) is 5.91 Å². The summed E-state index contributed by atoms with van der Waals surface area (Å²) in [7, 11) is 3.61. The van der Waals surface area contributed by atoms with E-state index >= 15 is 0 Å². The molecule has 3 heteroatoms. The molecule has 3 nitrogen and oxygen atoms in total. The molecular weight excluding hydrogens is 188 g/mol. The van der Waals surface area contributed by atoms with Gasteiger partial charge >= 0.3 is 0 Å². The molecule has 0 rings (SSSR count). The van der Waals surface area contributed by atoms with Crippen LogP contribution in [0.3, 0.4) is 0 Å². The number of hydrogen-bond acceptors (Lipinski definition) is 2. The second-order valence-electron chi connectivity index (χ2n) is 4.88. The van der Waals surface area contributed by atoms with Gasteiger partial charge in [-0.15, -0.1) is 0 Å². The van der Waals surface area contributed by atoms with Gasteiger partial charge in [0.1, 0.15) is 0 Å². The molecule has 1 N–H and O–H groups in total. The van der Waals surface area contributed by atoms with Crippen LogP contribution in [0.2, 0.25) is 0 Å². The minimum absolute atomic E-state index is 0.216. The molecule has 0 saturated heterocycles. The van der Waals surface area contributed by atoms with E-state index in [4.69, 9.17) is 0 Å². The highest BCUT2D eigenvalue weighted by Crippen LogP contribution is 2.03. The third kappa shape index (κ3) is 8.43. The van der Waals surface area contributed by atoms with Crippen molar-refractivity contribution >= 4 is 5.91 Å². The topological polar surface area (TPSA) is 32.3 Å². The van der Waals surface area contributed by atoms with Crippen LogP contribution in [-0.4, -0.2) is 37.5 Å². The van der Waals surface area contributed by atoms with E-state index in [0.717, 1.165) is 18.9 Å². The first-order valence-electron chi connectivity index (χ1n) is 5.87. The Labute approximate surface area is 94.2 Å². The van der Waals surface area contributed by atoms with Crippen molar-refractivity contribution in [1.29, 1.82) is 0 Å². The fourth-order valence-corrected chi connectivity index (χ4v) is 1.60. The van der Waals surface area contributed by atoms with Crippen molar-refractivity contribution in [3.63, 3.8) is 0 Å². The van der Waals surface area contributed by atoms with Crippen molar-refractivity contribution in [2.75, 3.05) is 20.6 Å². The van der Waals surface area contributed by atoms with Crippen LogP contribution in [-0.2, 0) is 4.79 Å².